The Labute approximate surface area is 180 Å². The molecule has 3 aromatic rings. The fraction of sp³-hybridized carbons (Fsp3) is 0.417. The number of alkyl halides is 2. The van der Waals surface area contributed by atoms with Crippen LogP contribution in [0.4, 0.5) is 13.2 Å². The Hall–Kier alpha value is -1.92. The molecule has 160 valence electrons. The molecular weight excluding hydrogens is 405 g/mol. The molecule has 2 aromatic carbocycles. The van der Waals surface area contributed by atoms with E-state index in [1.807, 2.05) is 0 Å². The molecule has 0 bridgehead atoms. The third-order valence-corrected chi connectivity index (χ3v) is 6.34. The van der Waals surface area contributed by atoms with Crippen LogP contribution in [-0.4, -0.2) is 9.82 Å². The average molecular weight is 433 g/mol. The van der Waals surface area contributed by atoms with E-state index in [1.54, 1.807) is 36.2 Å². The van der Waals surface area contributed by atoms with Crippen molar-refractivity contribution in [3.05, 3.63) is 59.5 Å². The third-order valence-electron chi connectivity index (χ3n) is 5.22. The van der Waals surface area contributed by atoms with Gasteiger partial charge < -0.3 is 4.57 Å². The molecule has 1 N–H and O–H groups in total. The number of rotatable bonds is 7. The van der Waals surface area contributed by atoms with Gasteiger partial charge in [-0.3, -0.25) is 4.72 Å². The molecule has 2 nitrogen and oxygen atoms in total. The summed E-state index contributed by atoms with van der Waals surface area (Å²) < 4.78 is 47.8. The zero-order chi connectivity index (χ0) is 21.5. The van der Waals surface area contributed by atoms with Crippen molar-refractivity contribution < 1.29 is 13.2 Å². The molecule has 1 aliphatic rings. The zero-order valence-electron chi connectivity index (χ0n) is 17.5. The fourth-order valence-corrected chi connectivity index (χ4v) is 4.58. The van der Waals surface area contributed by atoms with E-state index in [4.69, 9.17) is 0 Å². The van der Waals surface area contributed by atoms with Crippen molar-refractivity contribution in [3.8, 4) is 11.1 Å². The molecule has 1 heterocycles. The maximum atomic E-state index is 15.2. The molecule has 0 aliphatic heterocycles. The van der Waals surface area contributed by atoms with Crippen molar-refractivity contribution in [1.29, 1.82) is 0 Å². The summed E-state index contributed by atoms with van der Waals surface area (Å²) in [7, 11) is 0. The Morgan fingerprint density at radius 1 is 1.13 bits per heavy atom. The van der Waals surface area contributed by atoms with E-state index in [1.165, 1.54) is 25.0 Å². The molecule has 1 aromatic heterocycles. The quantitative estimate of drug-likeness (QED) is 0.394. The summed E-state index contributed by atoms with van der Waals surface area (Å²) in [6.45, 7) is 7.84. The zero-order valence-corrected chi connectivity index (χ0v) is 18.3. The maximum Gasteiger partial charge on any atom is 0.264 e. The fourth-order valence-electron chi connectivity index (χ4n) is 3.73. The van der Waals surface area contributed by atoms with Gasteiger partial charge in [0.2, 0.25) is 0 Å². The van der Waals surface area contributed by atoms with Crippen LogP contribution in [0, 0.1) is 11.2 Å². The van der Waals surface area contributed by atoms with Gasteiger partial charge >= 0.3 is 0 Å². The Balaban J connectivity index is 1.80. The minimum absolute atomic E-state index is 0.0227. The second-order valence-electron chi connectivity index (χ2n) is 9.22. The number of fused-ring (bicyclic) bond motifs is 1. The molecule has 1 fully saturated rings. The smallest absolute Gasteiger partial charge is 0.264 e. The van der Waals surface area contributed by atoms with Crippen LogP contribution in [0.25, 0.3) is 22.0 Å². The van der Waals surface area contributed by atoms with Gasteiger partial charge in [-0.15, -0.1) is 0 Å². The molecule has 0 atom stereocenters. The molecule has 0 spiro atoms. The first-order chi connectivity index (χ1) is 14.2. The lowest BCUT2D eigenvalue weighted by Crippen LogP contribution is -2.14. The van der Waals surface area contributed by atoms with Gasteiger partial charge in [-0.05, 0) is 41.5 Å². The lowest BCUT2D eigenvalue weighted by molar-refractivity contribution is 0.152. The summed E-state index contributed by atoms with van der Waals surface area (Å²) in [5, 5.41) is 1.51. The second kappa shape index (κ2) is 8.31. The van der Waals surface area contributed by atoms with E-state index >= 15 is 4.39 Å². The topological polar surface area (TPSA) is 17.0 Å². The van der Waals surface area contributed by atoms with E-state index in [-0.39, 0.29) is 22.1 Å². The summed E-state index contributed by atoms with van der Waals surface area (Å²) in [4.78, 5) is 0. The summed E-state index contributed by atoms with van der Waals surface area (Å²) in [6.07, 6.45) is 1.89. The van der Waals surface area contributed by atoms with Gasteiger partial charge in [0.1, 0.15) is 5.82 Å². The van der Waals surface area contributed by atoms with Crippen molar-refractivity contribution in [3.63, 3.8) is 0 Å². The van der Waals surface area contributed by atoms with Crippen LogP contribution in [0.15, 0.2) is 42.6 Å². The molecule has 0 saturated heterocycles. The van der Waals surface area contributed by atoms with E-state index in [0.717, 1.165) is 23.0 Å². The molecule has 1 saturated carbocycles. The van der Waals surface area contributed by atoms with Crippen LogP contribution < -0.4 is 4.72 Å². The minimum atomic E-state index is -2.66. The van der Waals surface area contributed by atoms with Crippen molar-refractivity contribution in [1.82, 2.24) is 9.29 Å². The second-order valence-corrected chi connectivity index (χ2v) is 10.4. The SMILES string of the molecule is CC(C)(C)Cn1cc(CNSC2CC2)c2cc(F)c(-c3ccccc3C(F)F)cc21. The van der Waals surface area contributed by atoms with Gasteiger partial charge in [-0.1, -0.05) is 57.0 Å². The lowest BCUT2D eigenvalue weighted by atomic mass is 9.96. The summed E-state index contributed by atoms with van der Waals surface area (Å²) in [5.74, 6) is -0.472. The summed E-state index contributed by atoms with van der Waals surface area (Å²) >= 11 is 1.74. The average Bonchev–Trinajstić information content (AvgIpc) is 3.44. The number of nitrogens with zero attached hydrogens (tertiary/aromatic N) is 1. The van der Waals surface area contributed by atoms with Gasteiger partial charge in [0.15, 0.2) is 0 Å². The Kier molecular flexibility index (Phi) is 5.90. The van der Waals surface area contributed by atoms with Gasteiger partial charge in [0.25, 0.3) is 6.43 Å². The first kappa shape index (κ1) is 21.3. The summed E-state index contributed by atoms with van der Waals surface area (Å²) in [6, 6.07) is 9.40. The highest BCUT2D eigenvalue weighted by atomic mass is 32.2. The molecular formula is C24H27F3N2S. The highest BCUT2D eigenvalue weighted by Crippen LogP contribution is 2.37. The van der Waals surface area contributed by atoms with Crippen LogP contribution >= 0.6 is 11.9 Å². The normalized spacial score (nSPS) is 14.8. The Bertz CT molecular complexity index is 1050. The molecule has 0 unspecified atom stereocenters. The van der Waals surface area contributed by atoms with Crippen LogP contribution in [0.1, 0.15) is 51.2 Å². The molecule has 4 rings (SSSR count). The number of hydrogen-bond donors (Lipinski definition) is 1. The molecule has 6 heteroatoms. The number of aromatic nitrogens is 1. The van der Waals surface area contributed by atoms with E-state index in [0.29, 0.717) is 11.8 Å². The number of halogens is 3. The van der Waals surface area contributed by atoms with Crippen LogP contribution in [0.5, 0.6) is 0 Å². The maximum absolute atomic E-state index is 15.2. The van der Waals surface area contributed by atoms with E-state index in [2.05, 4.69) is 36.3 Å². The number of nitrogens with one attached hydrogen (secondary N) is 1. The number of hydrogen-bond acceptors (Lipinski definition) is 2. The molecule has 1 aliphatic carbocycles. The van der Waals surface area contributed by atoms with Crippen LogP contribution in [0.2, 0.25) is 0 Å². The van der Waals surface area contributed by atoms with Crippen LogP contribution in [0.3, 0.4) is 0 Å². The van der Waals surface area contributed by atoms with Crippen molar-refractivity contribution in [2.75, 3.05) is 0 Å². The van der Waals surface area contributed by atoms with Gasteiger partial charge in [0.05, 0.1) is 0 Å². The van der Waals surface area contributed by atoms with Gasteiger partial charge in [0, 0.05) is 46.6 Å². The lowest BCUT2D eigenvalue weighted by Gasteiger charge is -2.20. The van der Waals surface area contributed by atoms with Crippen molar-refractivity contribution >= 4 is 22.9 Å². The minimum Gasteiger partial charge on any atom is -0.347 e. The van der Waals surface area contributed by atoms with Gasteiger partial charge in [-0.25, -0.2) is 13.2 Å². The number of benzene rings is 2. The highest BCUT2D eigenvalue weighted by molar-refractivity contribution is 7.98. The molecule has 0 amide bonds. The van der Waals surface area contributed by atoms with Crippen molar-refractivity contribution in [2.45, 2.75) is 58.4 Å². The Morgan fingerprint density at radius 2 is 1.87 bits per heavy atom. The monoisotopic (exact) mass is 432 g/mol. The van der Waals surface area contributed by atoms with Gasteiger partial charge in [-0.2, -0.15) is 0 Å². The Morgan fingerprint density at radius 3 is 2.53 bits per heavy atom. The van der Waals surface area contributed by atoms with Crippen LogP contribution in [-0.2, 0) is 13.1 Å². The molecule has 30 heavy (non-hydrogen) atoms. The predicted molar refractivity (Wildman–Crippen MR) is 119 cm³/mol. The first-order valence-corrected chi connectivity index (χ1v) is 11.2. The predicted octanol–water partition coefficient (Wildman–Crippen LogP) is 7.33. The standard InChI is InChI=1S/C24H27F3N2S/c1-24(2,3)14-29-13-15(12-28-30-16-8-9-16)19-10-21(25)20(11-22(19)29)17-6-4-5-7-18(17)23(26)27/h4-7,10-11,13,16,23,28H,8-9,12,14H2,1-3H3. The molecule has 0 radical (unpaired) electrons. The largest absolute Gasteiger partial charge is 0.347 e. The van der Waals surface area contributed by atoms with E-state index < -0.39 is 12.2 Å². The van der Waals surface area contributed by atoms with E-state index in [9.17, 15) is 8.78 Å². The highest BCUT2D eigenvalue weighted by Gasteiger charge is 2.23. The summed E-state index contributed by atoms with van der Waals surface area (Å²) in [5.41, 5.74) is 2.24. The third kappa shape index (κ3) is 4.70. The van der Waals surface area contributed by atoms with Crippen molar-refractivity contribution in [2.24, 2.45) is 5.41 Å². The first-order valence-electron chi connectivity index (χ1n) is 10.3.